The van der Waals surface area contributed by atoms with Crippen LogP contribution in [0.3, 0.4) is 0 Å². The summed E-state index contributed by atoms with van der Waals surface area (Å²) in [5.41, 5.74) is 2.49. The number of alkyl halides is 2. The van der Waals surface area contributed by atoms with Gasteiger partial charge in [-0.05, 0) is 48.7 Å². The van der Waals surface area contributed by atoms with Gasteiger partial charge in [-0.1, -0.05) is 18.2 Å². The second kappa shape index (κ2) is 8.62. The van der Waals surface area contributed by atoms with Crippen molar-refractivity contribution in [2.45, 2.75) is 25.9 Å². The summed E-state index contributed by atoms with van der Waals surface area (Å²) in [5.74, 6) is -0.279. The zero-order valence-corrected chi connectivity index (χ0v) is 14.7. The van der Waals surface area contributed by atoms with Gasteiger partial charge < -0.3 is 15.0 Å². The molecule has 1 heterocycles. The predicted octanol–water partition coefficient (Wildman–Crippen LogP) is 3.39. The van der Waals surface area contributed by atoms with Crippen molar-refractivity contribution < 1.29 is 23.1 Å². The molecular weight excluding hydrogens is 354 g/mol. The minimum Gasteiger partial charge on any atom is -0.435 e. The summed E-state index contributed by atoms with van der Waals surface area (Å²) in [7, 11) is 0. The molecule has 0 atom stereocenters. The first-order valence-electron chi connectivity index (χ1n) is 8.76. The van der Waals surface area contributed by atoms with Crippen LogP contribution in [0.2, 0.25) is 0 Å². The Bertz CT molecular complexity index is 809. The van der Waals surface area contributed by atoms with Crippen LogP contribution in [0.4, 0.5) is 14.5 Å². The Morgan fingerprint density at radius 1 is 1.11 bits per heavy atom. The zero-order valence-electron chi connectivity index (χ0n) is 14.7. The Labute approximate surface area is 155 Å². The van der Waals surface area contributed by atoms with Crippen molar-refractivity contribution in [1.82, 2.24) is 5.32 Å². The molecule has 7 heteroatoms. The van der Waals surface area contributed by atoms with Gasteiger partial charge in [-0.3, -0.25) is 9.59 Å². The molecule has 0 fully saturated rings. The van der Waals surface area contributed by atoms with Crippen LogP contribution in [0.15, 0.2) is 48.5 Å². The summed E-state index contributed by atoms with van der Waals surface area (Å²) >= 11 is 0. The maximum absolute atomic E-state index is 12.4. The second-order valence-electron chi connectivity index (χ2n) is 6.19. The first kappa shape index (κ1) is 18.8. The van der Waals surface area contributed by atoms with Gasteiger partial charge in [0.25, 0.3) is 5.91 Å². The number of benzene rings is 2. The van der Waals surface area contributed by atoms with E-state index in [2.05, 4.69) is 10.1 Å². The van der Waals surface area contributed by atoms with E-state index in [-0.39, 0.29) is 17.6 Å². The summed E-state index contributed by atoms with van der Waals surface area (Å²) in [6, 6.07) is 13.3. The van der Waals surface area contributed by atoms with Crippen LogP contribution in [0.5, 0.6) is 5.75 Å². The van der Waals surface area contributed by atoms with E-state index in [1.54, 1.807) is 4.90 Å². The van der Waals surface area contributed by atoms with Crippen molar-refractivity contribution in [3.05, 3.63) is 59.7 Å². The number of carbonyl (C=O) groups is 2. The van der Waals surface area contributed by atoms with E-state index in [1.807, 2.05) is 24.3 Å². The molecule has 3 rings (SSSR count). The highest BCUT2D eigenvalue weighted by atomic mass is 19.3. The van der Waals surface area contributed by atoms with Gasteiger partial charge in [-0.2, -0.15) is 8.78 Å². The van der Waals surface area contributed by atoms with Crippen molar-refractivity contribution in [2.75, 3.05) is 18.0 Å². The molecule has 2 amide bonds. The number of ether oxygens (including phenoxy) is 1. The fraction of sp³-hybridized carbons (Fsp3) is 0.300. The van der Waals surface area contributed by atoms with Crippen LogP contribution >= 0.6 is 0 Å². The van der Waals surface area contributed by atoms with Crippen LogP contribution in [0.25, 0.3) is 0 Å². The number of halogens is 2. The van der Waals surface area contributed by atoms with Gasteiger partial charge in [0.2, 0.25) is 5.91 Å². The molecule has 0 spiro atoms. The Morgan fingerprint density at radius 3 is 2.59 bits per heavy atom. The topological polar surface area (TPSA) is 58.6 Å². The number of anilines is 1. The molecule has 0 unspecified atom stereocenters. The summed E-state index contributed by atoms with van der Waals surface area (Å²) in [6.45, 7) is -1.85. The molecule has 5 nitrogen and oxygen atoms in total. The maximum Gasteiger partial charge on any atom is 0.387 e. The average molecular weight is 374 g/mol. The van der Waals surface area contributed by atoms with Gasteiger partial charge in [-0.25, -0.2) is 0 Å². The average Bonchev–Trinajstić information content (AvgIpc) is 3.09. The van der Waals surface area contributed by atoms with Crippen molar-refractivity contribution in [3.8, 4) is 5.75 Å². The Hall–Kier alpha value is -2.96. The maximum atomic E-state index is 12.4. The lowest BCUT2D eigenvalue weighted by Crippen LogP contribution is -2.30. The highest BCUT2D eigenvalue weighted by molar-refractivity contribution is 5.96. The third-order valence-corrected chi connectivity index (χ3v) is 4.38. The lowest BCUT2D eigenvalue weighted by Gasteiger charge is -2.17. The molecule has 1 aliphatic rings. The number of fused-ring (bicyclic) bond motifs is 1. The molecular formula is C20H20F2N2O3. The third kappa shape index (κ3) is 4.81. The molecule has 1 aliphatic heterocycles. The standard InChI is InChI=1S/C20H20F2N2O3/c21-20(22)27-16-9-7-15(8-10-16)19(26)23-12-3-6-18(25)24-13-11-14-4-1-2-5-17(14)24/h1-2,4-5,7-10,20H,3,6,11-13H2,(H,23,26). The highest BCUT2D eigenvalue weighted by Crippen LogP contribution is 2.28. The largest absolute Gasteiger partial charge is 0.435 e. The Balaban J connectivity index is 1.42. The van der Waals surface area contributed by atoms with Crippen LogP contribution in [0.1, 0.15) is 28.8 Å². The minimum absolute atomic E-state index is 0.00181. The molecule has 2 aromatic rings. The van der Waals surface area contributed by atoms with Gasteiger partial charge >= 0.3 is 6.61 Å². The molecule has 1 N–H and O–H groups in total. The molecule has 27 heavy (non-hydrogen) atoms. The Morgan fingerprint density at radius 2 is 1.85 bits per heavy atom. The SMILES string of the molecule is O=C(NCCCC(=O)N1CCc2ccccc21)c1ccc(OC(F)F)cc1. The molecule has 0 saturated carbocycles. The Kier molecular flexibility index (Phi) is 6.01. The summed E-state index contributed by atoms with van der Waals surface area (Å²) < 4.78 is 28.5. The summed E-state index contributed by atoms with van der Waals surface area (Å²) in [5, 5.41) is 2.73. The summed E-state index contributed by atoms with van der Waals surface area (Å²) in [4.78, 5) is 26.2. The first-order chi connectivity index (χ1) is 13.0. The van der Waals surface area contributed by atoms with Crippen LogP contribution in [0, 0.1) is 0 Å². The smallest absolute Gasteiger partial charge is 0.387 e. The molecule has 0 saturated heterocycles. The number of hydrogen-bond donors (Lipinski definition) is 1. The number of amides is 2. The molecule has 0 aromatic heterocycles. The predicted molar refractivity (Wildman–Crippen MR) is 97.1 cm³/mol. The van der Waals surface area contributed by atoms with Crippen LogP contribution in [-0.2, 0) is 11.2 Å². The molecule has 2 aromatic carbocycles. The molecule has 0 aliphatic carbocycles. The number of hydrogen-bond acceptors (Lipinski definition) is 3. The molecule has 0 bridgehead atoms. The molecule has 0 radical (unpaired) electrons. The molecule has 142 valence electrons. The monoisotopic (exact) mass is 374 g/mol. The van der Waals surface area contributed by atoms with E-state index in [9.17, 15) is 18.4 Å². The van der Waals surface area contributed by atoms with Gasteiger partial charge in [0.05, 0.1) is 0 Å². The number of nitrogens with zero attached hydrogens (tertiary/aromatic N) is 1. The fourth-order valence-electron chi connectivity index (χ4n) is 3.06. The lowest BCUT2D eigenvalue weighted by atomic mass is 10.2. The first-order valence-corrected chi connectivity index (χ1v) is 8.76. The van der Waals surface area contributed by atoms with E-state index in [0.29, 0.717) is 31.5 Å². The number of carbonyl (C=O) groups excluding carboxylic acids is 2. The number of nitrogens with one attached hydrogen (secondary N) is 1. The van der Waals surface area contributed by atoms with E-state index in [1.165, 1.54) is 29.8 Å². The van der Waals surface area contributed by atoms with Crippen LogP contribution < -0.4 is 15.0 Å². The van der Waals surface area contributed by atoms with Crippen molar-refractivity contribution >= 4 is 17.5 Å². The van der Waals surface area contributed by atoms with Crippen molar-refractivity contribution in [2.24, 2.45) is 0 Å². The second-order valence-corrected chi connectivity index (χ2v) is 6.19. The van der Waals surface area contributed by atoms with E-state index < -0.39 is 6.61 Å². The van der Waals surface area contributed by atoms with Gasteiger partial charge in [0.1, 0.15) is 5.75 Å². The van der Waals surface area contributed by atoms with Gasteiger partial charge in [0, 0.05) is 30.8 Å². The van der Waals surface area contributed by atoms with Crippen molar-refractivity contribution in [1.29, 1.82) is 0 Å². The van der Waals surface area contributed by atoms with Gasteiger partial charge in [-0.15, -0.1) is 0 Å². The highest BCUT2D eigenvalue weighted by Gasteiger charge is 2.23. The van der Waals surface area contributed by atoms with E-state index in [0.717, 1.165) is 12.1 Å². The van der Waals surface area contributed by atoms with Crippen LogP contribution in [-0.4, -0.2) is 31.5 Å². The number of rotatable bonds is 7. The number of para-hydroxylation sites is 1. The normalized spacial score (nSPS) is 12.8. The lowest BCUT2D eigenvalue weighted by molar-refractivity contribution is -0.118. The fourth-order valence-corrected chi connectivity index (χ4v) is 3.06. The quantitative estimate of drug-likeness (QED) is 0.756. The van der Waals surface area contributed by atoms with Crippen molar-refractivity contribution in [3.63, 3.8) is 0 Å². The zero-order chi connectivity index (χ0) is 19.2. The van der Waals surface area contributed by atoms with E-state index in [4.69, 9.17) is 0 Å². The summed E-state index contributed by atoms with van der Waals surface area (Å²) in [6.07, 6.45) is 1.73. The van der Waals surface area contributed by atoms with E-state index >= 15 is 0 Å². The third-order valence-electron chi connectivity index (χ3n) is 4.38. The van der Waals surface area contributed by atoms with Gasteiger partial charge in [0.15, 0.2) is 0 Å². The minimum atomic E-state index is -2.90.